The maximum absolute atomic E-state index is 14.7. The van der Waals surface area contributed by atoms with Gasteiger partial charge in [0.25, 0.3) is 11.8 Å². The number of anilines is 1. The average Bonchev–Trinajstić information content (AvgIpc) is 3.86. The van der Waals surface area contributed by atoms with E-state index in [1.807, 2.05) is 67.0 Å². The summed E-state index contributed by atoms with van der Waals surface area (Å²) in [6, 6.07) is 21.9. The molecule has 1 aliphatic rings. The maximum atomic E-state index is 14.7. The monoisotopic (exact) mass is 728 g/mol. The standard InChI is InChI=1S/C41H36N4O7S/c1-4-15-43-40(48)33-10-9-26(37(44-33)41(49)50-3)28-21-34-30(38-25(22-52-34)14-17-53-38)20-29(28)39(47)45-32-12-11-31-27(13-16-42-31)36(32)24-8-6-7-23(18-24)19-35(46)51-5-2/h6-14,16-18,20-21,42H,4-5,15,19,22H2,1-3H3,(H,43,48)(H,45,47). The molecule has 0 aliphatic carbocycles. The van der Waals surface area contributed by atoms with Crippen molar-refractivity contribution in [1.82, 2.24) is 15.3 Å². The van der Waals surface area contributed by atoms with Gasteiger partial charge < -0.3 is 29.8 Å². The SMILES string of the molecule is CCCNC(=O)c1ccc(-c2cc3c(cc2C(=O)Nc2ccc4[nH]ccc4c2-c2cccc(CC(=O)OCC)c2)-c2sccc2CO3)c(C(=O)OC)n1. The molecule has 0 atom stereocenters. The second-order valence-corrected chi connectivity index (χ2v) is 13.3. The Hall–Kier alpha value is -6.27. The molecule has 268 valence electrons. The number of amides is 2. The summed E-state index contributed by atoms with van der Waals surface area (Å²) in [5, 5.41) is 8.79. The molecule has 6 aromatic rings. The third-order valence-electron chi connectivity index (χ3n) is 8.92. The van der Waals surface area contributed by atoms with E-state index in [0.717, 1.165) is 50.0 Å². The van der Waals surface area contributed by atoms with Crippen molar-refractivity contribution < 1.29 is 33.4 Å². The van der Waals surface area contributed by atoms with Crippen LogP contribution in [0.3, 0.4) is 0 Å². The molecule has 3 aromatic carbocycles. The van der Waals surface area contributed by atoms with E-state index in [-0.39, 0.29) is 35.9 Å². The lowest BCUT2D eigenvalue weighted by Crippen LogP contribution is -2.26. The Morgan fingerprint density at radius 3 is 2.62 bits per heavy atom. The van der Waals surface area contributed by atoms with Crippen LogP contribution in [0.1, 0.15) is 62.7 Å². The van der Waals surface area contributed by atoms with Crippen LogP contribution in [-0.2, 0) is 27.3 Å². The number of hydrogen-bond donors (Lipinski definition) is 3. The van der Waals surface area contributed by atoms with E-state index in [4.69, 9.17) is 14.2 Å². The lowest BCUT2D eigenvalue weighted by atomic mass is 9.92. The lowest BCUT2D eigenvalue weighted by Gasteiger charge is -2.22. The van der Waals surface area contributed by atoms with E-state index in [2.05, 4.69) is 20.6 Å². The number of methoxy groups -OCH3 is 1. The Morgan fingerprint density at radius 2 is 1.81 bits per heavy atom. The molecule has 7 rings (SSSR count). The molecule has 0 saturated carbocycles. The minimum absolute atomic E-state index is 0.0423. The van der Waals surface area contributed by atoms with Crippen molar-refractivity contribution in [3.63, 3.8) is 0 Å². The topological polar surface area (TPSA) is 149 Å². The van der Waals surface area contributed by atoms with Crippen molar-refractivity contribution in [3.8, 4) is 38.4 Å². The summed E-state index contributed by atoms with van der Waals surface area (Å²) in [6.45, 7) is 4.79. The van der Waals surface area contributed by atoms with Gasteiger partial charge in [-0.2, -0.15) is 0 Å². The summed E-state index contributed by atoms with van der Waals surface area (Å²) < 4.78 is 16.5. The van der Waals surface area contributed by atoms with Crippen LogP contribution in [0.5, 0.6) is 5.75 Å². The predicted molar refractivity (Wildman–Crippen MR) is 203 cm³/mol. The van der Waals surface area contributed by atoms with Gasteiger partial charge in [0.1, 0.15) is 18.1 Å². The number of esters is 2. The number of fused-ring (bicyclic) bond motifs is 4. The molecule has 0 saturated heterocycles. The number of hydrogen-bond acceptors (Lipinski definition) is 9. The molecule has 3 N–H and O–H groups in total. The van der Waals surface area contributed by atoms with E-state index in [9.17, 15) is 19.2 Å². The highest BCUT2D eigenvalue weighted by atomic mass is 32.1. The number of ether oxygens (including phenoxy) is 3. The number of pyridine rings is 1. The summed E-state index contributed by atoms with van der Waals surface area (Å²) in [5.74, 6) is -1.44. The van der Waals surface area contributed by atoms with E-state index in [0.29, 0.717) is 35.7 Å². The minimum Gasteiger partial charge on any atom is -0.488 e. The number of rotatable bonds is 11. The molecule has 4 heterocycles. The largest absolute Gasteiger partial charge is 0.488 e. The first-order chi connectivity index (χ1) is 25.8. The van der Waals surface area contributed by atoms with Crippen molar-refractivity contribution in [2.24, 2.45) is 0 Å². The molecule has 11 nitrogen and oxygen atoms in total. The van der Waals surface area contributed by atoms with Gasteiger partial charge in [0.15, 0.2) is 5.69 Å². The number of carbonyl (C=O) groups excluding carboxylic acids is 4. The number of H-pyrrole nitrogens is 1. The van der Waals surface area contributed by atoms with Crippen LogP contribution in [0, 0.1) is 0 Å². The first-order valence-electron chi connectivity index (χ1n) is 17.2. The molecule has 1 aliphatic heterocycles. The van der Waals surface area contributed by atoms with E-state index in [1.54, 1.807) is 36.5 Å². The minimum atomic E-state index is -0.765. The van der Waals surface area contributed by atoms with Crippen LogP contribution < -0.4 is 15.4 Å². The maximum Gasteiger partial charge on any atom is 0.357 e. The molecule has 53 heavy (non-hydrogen) atoms. The van der Waals surface area contributed by atoms with Crippen LogP contribution in [0.15, 0.2) is 84.4 Å². The van der Waals surface area contributed by atoms with Crippen LogP contribution in [0.25, 0.3) is 43.6 Å². The van der Waals surface area contributed by atoms with Gasteiger partial charge >= 0.3 is 11.9 Å². The van der Waals surface area contributed by atoms with Crippen LogP contribution >= 0.6 is 11.3 Å². The van der Waals surface area contributed by atoms with Gasteiger partial charge in [0.05, 0.1) is 20.1 Å². The van der Waals surface area contributed by atoms with Gasteiger partial charge in [-0.05, 0) is 78.4 Å². The predicted octanol–water partition coefficient (Wildman–Crippen LogP) is 7.80. The lowest BCUT2D eigenvalue weighted by molar-refractivity contribution is -0.142. The molecule has 0 radical (unpaired) electrons. The molecule has 0 spiro atoms. The van der Waals surface area contributed by atoms with Crippen molar-refractivity contribution in [2.75, 3.05) is 25.6 Å². The Morgan fingerprint density at radius 1 is 0.943 bits per heavy atom. The highest BCUT2D eigenvalue weighted by Gasteiger charge is 2.28. The number of nitrogens with zero attached hydrogens (tertiary/aromatic N) is 1. The second-order valence-electron chi connectivity index (χ2n) is 12.4. The van der Waals surface area contributed by atoms with Gasteiger partial charge in [-0.3, -0.25) is 14.4 Å². The molecule has 2 amide bonds. The van der Waals surface area contributed by atoms with Gasteiger partial charge in [-0.1, -0.05) is 31.2 Å². The van der Waals surface area contributed by atoms with Gasteiger partial charge in [0.2, 0.25) is 0 Å². The highest BCUT2D eigenvalue weighted by Crippen LogP contribution is 2.45. The summed E-state index contributed by atoms with van der Waals surface area (Å²) >= 11 is 1.55. The average molecular weight is 729 g/mol. The van der Waals surface area contributed by atoms with Crippen molar-refractivity contribution in [2.45, 2.75) is 33.3 Å². The van der Waals surface area contributed by atoms with E-state index in [1.165, 1.54) is 13.2 Å². The quantitative estimate of drug-likeness (QED) is 0.115. The number of nitrogens with one attached hydrogen (secondary N) is 3. The number of aromatic nitrogens is 2. The smallest absolute Gasteiger partial charge is 0.357 e. The molecular formula is C41H36N4O7S. The molecule has 12 heteroatoms. The number of benzene rings is 3. The van der Waals surface area contributed by atoms with Crippen molar-refractivity contribution >= 4 is 51.7 Å². The zero-order valence-electron chi connectivity index (χ0n) is 29.3. The first kappa shape index (κ1) is 35.1. The Labute approximate surface area is 309 Å². The van der Waals surface area contributed by atoms with E-state index < -0.39 is 17.8 Å². The van der Waals surface area contributed by atoms with Gasteiger partial charge in [0, 0.05) is 67.6 Å². The summed E-state index contributed by atoms with van der Waals surface area (Å²) in [4.78, 5) is 61.8. The van der Waals surface area contributed by atoms with E-state index >= 15 is 0 Å². The molecule has 0 bridgehead atoms. The molecule has 3 aromatic heterocycles. The summed E-state index contributed by atoms with van der Waals surface area (Å²) in [7, 11) is 1.24. The fourth-order valence-electron chi connectivity index (χ4n) is 6.47. The number of aromatic amines is 1. The molecule has 0 fully saturated rings. The normalized spacial score (nSPS) is 11.6. The fraction of sp³-hybridized carbons (Fsp3) is 0.195. The Kier molecular flexibility index (Phi) is 10.0. The fourth-order valence-corrected chi connectivity index (χ4v) is 7.40. The number of thiophene rings is 1. The third kappa shape index (κ3) is 7.01. The third-order valence-corrected chi connectivity index (χ3v) is 9.91. The zero-order valence-corrected chi connectivity index (χ0v) is 30.1. The first-order valence-corrected chi connectivity index (χ1v) is 18.1. The zero-order chi connectivity index (χ0) is 37.1. The number of carbonyl (C=O) groups is 4. The Balaban J connectivity index is 1.36. The highest BCUT2D eigenvalue weighted by molar-refractivity contribution is 7.13. The van der Waals surface area contributed by atoms with Crippen molar-refractivity contribution in [3.05, 3.63) is 112 Å². The van der Waals surface area contributed by atoms with Crippen LogP contribution in [-0.4, -0.2) is 54.0 Å². The van der Waals surface area contributed by atoms with Gasteiger partial charge in [-0.15, -0.1) is 11.3 Å². The molecular weight excluding hydrogens is 693 g/mol. The van der Waals surface area contributed by atoms with Crippen LogP contribution in [0.4, 0.5) is 5.69 Å². The summed E-state index contributed by atoms with van der Waals surface area (Å²) in [6.07, 6.45) is 2.66. The summed E-state index contributed by atoms with van der Waals surface area (Å²) in [5.41, 5.74) is 6.30. The second kappa shape index (κ2) is 15.1. The van der Waals surface area contributed by atoms with Crippen molar-refractivity contribution in [1.29, 1.82) is 0 Å². The molecule has 0 unspecified atom stereocenters. The van der Waals surface area contributed by atoms with Crippen LogP contribution in [0.2, 0.25) is 0 Å². The van der Waals surface area contributed by atoms with Gasteiger partial charge in [-0.25, -0.2) is 9.78 Å². The Bertz CT molecular complexity index is 2400.